The Labute approximate surface area is 99.4 Å². The van der Waals surface area contributed by atoms with Gasteiger partial charge < -0.3 is 10.4 Å². The van der Waals surface area contributed by atoms with E-state index in [2.05, 4.69) is 5.32 Å². The van der Waals surface area contributed by atoms with Gasteiger partial charge in [-0.1, -0.05) is 11.6 Å². The first-order valence-electron chi connectivity index (χ1n) is 5.37. The van der Waals surface area contributed by atoms with Crippen molar-refractivity contribution in [3.63, 3.8) is 0 Å². The van der Waals surface area contributed by atoms with Gasteiger partial charge in [0.15, 0.2) is 0 Å². The zero-order chi connectivity index (χ0) is 11.7. The molecule has 0 radical (unpaired) electrons. The van der Waals surface area contributed by atoms with Crippen LogP contribution in [0.15, 0.2) is 18.2 Å². The van der Waals surface area contributed by atoms with Gasteiger partial charge in [-0.05, 0) is 43.9 Å². The lowest BCUT2D eigenvalue weighted by atomic mass is 10.1. The second-order valence-corrected chi connectivity index (χ2v) is 4.70. The molecule has 2 rings (SSSR count). The van der Waals surface area contributed by atoms with Crippen molar-refractivity contribution in [2.75, 3.05) is 0 Å². The van der Waals surface area contributed by atoms with Gasteiger partial charge in [-0.2, -0.15) is 0 Å². The van der Waals surface area contributed by atoms with E-state index in [4.69, 9.17) is 11.6 Å². The molecule has 1 amide bonds. The molecule has 1 saturated carbocycles. The van der Waals surface area contributed by atoms with E-state index in [1.54, 1.807) is 6.07 Å². The first kappa shape index (κ1) is 11.3. The minimum atomic E-state index is -0.264. The predicted octanol–water partition coefficient (Wildman–Crippen LogP) is 2.57. The summed E-state index contributed by atoms with van der Waals surface area (Å²) < 4.78 is 0. The van der Waals surface area contributed by atoms with Crippen molar-refractivity contribution in [1.82, 2.24) is 5.32 Å². The van der Waals surface area contributed by atoms with Crippen LogP contribution in [0.4, 0.5) is 0 Å². The normalized spacial score (nSPS) is 16.9. The summed E-state index contributed by atoms with van der Waals surface area (Å²) in [5, 5.41) is 12.9. The van der Waals surface area contributed by atoms with Crippen LogP contribution in [0.3, 0.4) is 0 Å². The van der Waals surface area contributed by atoms with E-state index in [1.807, 2.05) is 6.92 Å². The molecule has 1 aliphatic carbocycles. The van der Waals surface area contributed by atoms with Gasteiger partial charge in [-0.3, -0.25) is 4.79 Å². The van der Waals surface area contributed by atoms with E-state index in [-0.39, 0.29) is 23.3 Å². The molecule has 0 aliphatic heterocycles. The Morgan fingerprint density at radius 1 is 1.56 bits per heavy atom. The Hall–Kier alpha value is -1.22. The first-order valence-corrected chi connectivity index (χ1v) is 5.75. The van der Waals surface area contributed by atoms with Crippen LogP contribution in [0.5, 0.6) is 5.75 Å². The number of phenolic OH excluding ortho intramolecular Hbond substituents is 1. The van der Waals surface area contributed by atoms with Crippen molar-refractivity contribution in [2.45, 2.75) is 25.8 Å². The molecule has 2 N–H and O–H groups in total. The lowest BCUT2D eigenvalue weighted by Gasteiger charge is -2.13. The maximum Gasteiger partial charge on any atom is 0.255 e. The number of phenols is 1. The minimum Gasteiger partial charge on any atom is -0.507 e. The third-order valence-electron chi connectivity index (χ3n) is 2.89. The molecular weight excluding hydrogens is 226 g/mol. The molecule has 3 nitrogen and oxygen atoms in total. The van der Waals surface area contributed by atoms with Crippen LogP contribution in [-0.2, 0) is 0 Å². The average molecular weight is 240 g/mol. The molecule has 0 spiro atoms. The topological polar surface area (TPSA) is 49.3 Å². The number of hydrogen-bond donors (Lipinski definition) is 2. The van der Waals surface area contributed by atoms with Crippen molar-refractivity contribution < 1.29 is 9.90 Å². The first-order chi connectivity index (χ1) is 7.58. The van der Waals surface area contributed by atoms with Crippen molar-refractivity contribution in [3.8, 4) is 5.75 Å². The van der Waals surface area contributed by atoms with Crippen LogP contribution in [-0.4, -0.2) is 17.1 Å². The van der Waals surface area contributed by atoms with Crippen LogP contribution in [0, 0.1) is 5.92 Å². The summed E-state index contributed by atoms with van der Waals surface area (Å²) in [6, 6.07) is 4.62. The molecule has 0 saturated heterocycles. The van der Waals surface area contributed by atoms with E-state index >= 15 is 0 Å². The van der Waals surface area contributed by atoms with Crippen molar-refractivity contribution in [3.05, 3.63) is 28.8 Å². The Morgan fingerprint density at radius 2 is 2.25 bits per heavy atom. The highest BCUT2D eigenvalue weighted by Crippen LogP contribution is 2.32. The van der Waals surface area contributed by atoms with Crippen LogP contribution in [0.1, 0.15) is 30.1 Å². The number of hydrogen-bond acceptors (Lipinski definition) is 2. The zero-order valence-corrected chi connectivity index (χ0v) is 9.79. The van der Waals surface area contributed by atoms with Crippen LogP contribution in [0.25, 0.3) is 0 Å². The number of benzene rings is 1. The van der Waals surface area contributed by atoms with Gasteiger partial charge in [-0.25, -0.2) is 0 Å². The zero-order valence-electron chi connectivity index (χ0n) is 9.03. The number of rotatable bonds is 3. The third-order valence-corrected chi connectivity index (χ3v) is 3.13. The molecule has 1 aromatic rings. The molecule has 1 fully saturated rings. The summed E-state index contributed by atoms with van der Waals surface area (Å²) in [6.07, 6.45) is 2.34. The molecule has 1 unspecified atom stereocenters. The Balaban J connectivity index is 2.10. The van der Waals surface area contributed by atoms with Gasteiger partial charge in [0.25, 0.3) is 5.91 Å². The number of nitrogens with one attached hydrogen (secondary N) is 1. The summed E-state index contributed by atoms with van der Waals surface area (Å²) in [7, 11) is 0. The smallest absolute Gasteiger partial charge is 0.255 e. The average Bonchev–Trinajstić information content (AvgIpc) is 3.04. The summed E-state index contributed by atoms with van der Waals surface area (Å²) >= 11 is 5.78. The molecule has 16 heavy (non-hydrogen) atoms. The van der Waals surface area contributed by atoms with E-state index in [1.165, 1.54) is 25.0 Å². The number of halogens is 1. The predicted molar refractivity (Wildman–Crippen MR) is 62.8 cm³/mol. The second kappa shape index (κ2) is 4.34. The highest BCUT2D eigenvalue weighted by molar-refractivity contribution is 6.31. The number of aromatic hydroxyl groups is 1. The Morgan fingerprint density at radius 3 is 2.88 bits per heavy atom. The van der Waals surface area contributed by atoms with Crippen LogP contribution in [0.2, 0.25) is 5.02 Å². The Kier molecular flexibility index (Phi) is 3.06. The monoisotopic (exact) mass is 239 g/mol. The SMILES string of the molecule is CC(NC(=O)c1cc(Cl)ccc1O)C1CC1. The van der Waals surface area contributed by atoms with Gasteiger partial charge in [-0.15, -0.1) is 0 Å². The summed E-state index contributed by atoms with van der Waals surface area (Å²) in [5.41, 5.74) is 0.236. The molecular formula is C12H14ClNO2. The molecule has 0 heterocycles. The van der Waals surface area contributed by atoms with Crippen LogP contribution >= 0.6 is 11.6 Å². The summed E-state index contributed by atoms with van der Waals surface area (Å²) in [5.74, 6) is 0.287. The van der Waals surface area contributed by atoms with Crippen molar-refractivity contribution in [2.24, 2.45) is 5.92 Å². The highest BCUT2D eigenvalue weighted by Gasteiger charge is 2.29. The van der Waals surface area contributed by atoms with Gasteiger partial charge in [0.05, 0.1) is 5.56 Å². The van der Waals surface area contributed by atoms with E-state index in [0.29, 0.717) is 10.9 Å². The third kappa shape index (κ3) is 2.47. The largest absolute Gasteiger partial charge is 0.507 e. The van der Waals surface area contributed by atoms with Gasteiger partial charge in [0, 0.05) is 11.1 Å². The number of carbonyl (C=O) groups is 1. The lowest BCUT2D eigenvalue weighted by Crippen LogP contribution is -2.34. The fourth-order valence-corrected chi connectivity index (χ4v) is 1.86. The second-order valence-electron chi connectivity index (χ2n) is 4.26. The molecule has 86 valence electrons. The van der Waals surface area contributed by atoms with Gasteiger partial charge in [0.1, 0.15) is 5.75 Å². The Bertz CT molecular complexity index is 415. The molecule has 1 aliphatic rings. The molecule has 0 aromatic heterocycles. The number of amides is 1. The highest BCUT2D eigenvalue weighted by atomic mass is 35.5. The molecule has 1 atom stereocenters. The summed E-state index contributed by atoms with van der Waals surface area (Å²) in [4.78, 5) is 11.8. The van der Waals surface area contributed by atoms with E-state index < -0.39 is 0 Å². The maximum absolute atomic E-state index is 11.8. The number of carbonyl (C=O) groups excluding carboxylic acids is 1. The van der Waals surface area contributed by atoms with E-state index in [9.17, 15) is 9.90 Å². The quantitative estimate of drug-likeness (QED) is 0.852. The van der Waals surface area contributed by atoms with Gasteiger partial charge in [0.2, 0.25) is 0 Å². The van der Waals surface area contributed by atoms with Crippen molar-refractivity contribution in [1.29, 1.82) is 0 Å². The minimum absolute atomic E-state index is 0.0371. The fourth-order valence-electron chi connectivity index (χ4n) is 1.69. The maximum atomic E-state index is 11.8. The molecule has 0 bridgehead atoms. The molecule has 4 heteroatoms. The van der Waals surface area contributed by atoms with Crippen molar-refractivity contribution >= 4 is 17.5 Å². The fraction of sp³-hybridized carbons (Fsp3) is 0.417. The lowest BCUT2D eigenvalue weighted by molar-refractivity contribution is 0.0933. The van der Waals surface area contributed by atoms with Gasteiger partial charge >= 0.3 is 0 Å². The standard InChI is InChI=1S/C12H14ClNO2/c1-7(8-2-3-8)14-12(16)10-6-9(13)4-5-11(10)15/h4-8,15H,2-3H2,1H3,(H,14,16). The van der Waals surface area contributed by atoms with E-state index in [0.717, 1.165) is 0 Å². The van der Waals surface area contributed by atoms with Crippen LogP contribution < -0.4 is 5.32 Å². The summed E-state index contributed by atoms with van der Waals surface area (Å²) in [6.45, 7) is 1.98. The molecule has 1 aromatic carbocycles.